The van der Waals surface area contributed by atoms with Crippen LogP contribution >= 0.6 is 11.8 Å². The summed E-state index contributed by atoms with van der Waals surface area (Å²) in [6.07, 6.45) is 0. The van der Waals surface area contributed by atoms with Gasteiger partial charge >= 0.3 is 5.97 Å². The minimum Gasteiger partial charge on any atom is -0.478 e. The average molecular weight is 386 g/mol. The molecule has 0 aliphatic carbocycles. The number of aromatic carboxylic acids is 1. The lowest BCUT2D eigenvalue weighted by atomic mass is 10.1. The van der Waals surface area contributed by atoms with Crippen LogP contribution in [0.25, 0.3) is 22.5 Å². The molecule has 0 aliphatic heterocycles. The summed E-state index contributed by atoms with van der Waals surface area (Å²) in [6.45, 7) is 0. The molecule has 5 heteroatoms. The smallest absolute Gasteiger partial charge is 0.335 e. The third-order valence-corrected chi connectivity index (χ3v) is 5.29. The lowest BCUT2D eigenvalue weighted by Crippen LogP contribution is -1.96. The molecule has 1 heterocycles. The highest BCUT2D eigenvalue weighted by Crippen LogP contribution is 2.33. The predicted molar refractivity (Wildman–Crippen MR) is 112 cm³/mol. The number of carbonyl (C=O) groups is 1. The summed E-state index contributed by atoms with van der Waals surface area (Å²) in [5.74, 6) is -0.278. The first-order valence-corrected chi connectivity index (χ1v) is 9.85. The minimum atomic E-state index is -0.914. The van der Waals surface area contributed by atoms with Gasteiger partial charge in [-0.3, -0.25) is 0 Å². The van der Waals surface area contributed by atoms with Gasteiger partial charge in [0, 0.05) is 16.9 Å². The second-order valence-corrected chi connectivity index (χ2v) is 7.26. The monoisotopic (exact) mass is 386 g/mol. The maximum absolute atomic E-state index is 11.2. The van der Waals surface area contributed by atoms with Gasteiger partial charge in [0.2, 0.25) is 0 Å². The van der Waals surface area contributed by atoms with Gasteiger partial charge in [-0.1, -0.05) is 84.6 Å². The molecule has 0 fully saturated rings. The number of hydrogen-bond acceptors (Lipinski definition) is 3. The third-order valence-electron chi connectivity index (χ3n) is 4.34. The molecular formula is C23H18N2O2S. The molecule has 0 amide bonds. The van der Waals surface area contributed by atoms with E-state index in [4.69, 9.17) is 10.1 Å². The van der Waals surface area contributed by atoms with Gasteiger partial charge in [0.25, 0.3) is 0 Å². The van der Waals surface area contributed by atoms with E-state index < -0.39 is 5.97 Å². The molecular weight excluding hydrogens is 368 g/mol. The van der Waals surface area contributed by atoms with E-state index in [1.165, 1.54) is 0 Å². The van der Waals surface area contributed by atoms with E-state index in [0.717, 1.165) is 33.2 Å². The maximum atomic E-state index is 11.2. The molecule has 3 aromatic carbocycles. The number of hydrogen-bond donors (Lipinski definition) is 2. The Labute approximate surface area is 167 Å². The Morgan fingerprint density at radius 2 is 1.57 bits per heavy atom. The number of thioether (sulfide) groups is 1. The molecule has 0 atom stereocenters. The summed E-state index contributed by atoms with van der Waals surface area (Å²) in [4.78, 5) is 19.4. The van der Waals surface area contributed by atoms with Crippen molar-refractivity contribution in [3.05, 3.63) is 96.1 Å². The quantitative estimate of drug-likeness (QED) is 0.415. The van der Waals surface area contributed by atoms with Gasteiger partial charge in [0.15, 0.2) is 5.16 Å². The van der Waals surface area contributed by atoms with Crippen molar-refractivity contribution < 1.29 is 9.90 Å². The summed E-state index contributed by atoms with van der Waals surface area (Å²) < 4.78 is 0. The minimum absolute atomic E-state index is 0.299. The topological polar surface area (TPSA) is 66.0 Å². The average Bonchev–Trinajstić information content (AvgIpc) is 3.18. The molecule has 0 radical (unpaired) electrons. The zero-order chi connectivity index (χ0) is 19.3. The Kier molecular flexibility index (Phi) is 5.26. The summed E-state index contributed by atoms with van der Waals surface area (Å²) >= 11 is 1.56. The molecule has 0 saturated carbocycles. The van der Waals surface area contributed by atoms with Crippen LogP contribution in [-0.4, -0.2) is 21.0 Å². The van der Waals surface area contributed by atoms with E-state index in [1.807, 2.05) is 54.6 Å². The van der Waals surface area contributed by atoms with E-state index in [9.17, 15) is 4.79 Å². The number of nitrogens with one attached hydrogen (secondary N) is 1. The van der Waals surface area contributed by atoms with Crippen LogP contribution in [0.1, 0.15) is 15.9 Å². The Bertz CT molecular complexity index is 1040. The first-order valence-electron chi connectivity index (χ1n) is 8.86. The van der Waals surface area contributed by atoms with Gasteiger partial charge in [0.1, 0.15) is 0 Å². The fourth-order valence-electron chi connectivity index (χ4n) is 2.98. The van der Waals surface area contributed by atoms with Crippen molar-refractivity contribution in [1.29, 1.82) is 0 Å². The fraction of sp³-hybridized carbons (Fsp3) is 0.0435. The molecule has 0 saturated heterocycles. The molecule has 1 aromatic heterocycles. The number of carboxylic acid groups (broad SMARTS) is 1. The fourth-order valence-corrected chi connectivity index (χ4v) is 3.80. The first-order chi connectivity index (χ1) is 13.7. The maximum Gasteiger partial charge on any atom is 0.335 e. The number of rotatable bonds is 6. The standard InChI is InChI=1S/C23H18N2O2S/c26-22(27)19-13-7-8-16(14-19)15-28-23-24-20(17-9-3-1-4-10-17)21(25-23)18-11-5-2-6-12-18/h1-14H,15H2,(H,24,25)(H,26,27). The van der Waals surface area contributed by atoms with Crippen molar-refractivity contribution in [2.45, 2.75) is 10.9 Å². The lowest BCUT2D eigenvalue weighted by Gasteiger charge is -2.02. The van der Waals surface area contributed by atoms with Gasteiger partial charge in [-0.05, 0) is 17.7 Å². The van der Waals surface area contributed by atoms with Gasteiger partial charge in [-0.15, -0.1) is 0 Å². The van der Waals surface area contributed by atoms with E-state index >= 15 is 0 Å². The van der Waals surface area contributed by atoms with Crippen molar-refractivity contribution in [2.75, 3.05) is 0 Å². The van der Waals surface area contributed by atoms with Crippen LogP contribution < -0.4 is 0 Å². The Morgan fingerprint density at radius 3 is 2.25 bits per heavy atom. The number of nitrogens with zero attached hydrogens (tertiary/aromatic N) is 1. The van der Waals surface area contributed by atoms with Crippen LogP contribution in [-0.2, 0) is 5.75 Å². The van der Waals surface area contributed by atoms with Crippen LogP contribution in [0, 0.1) is 0 Å². The normalized spacial score (nSPS) is 10.7. The molecule has 28 heavy (non-hydrogen) atoms. The largest absolute Gasteiger partial charge is 0.478 e. The summed E-state index contributed by atoms with van der Waals surface area (Å²) in [5.41, 5.74) is 5.27. The summed E-state index contributed by atoms with van der Waals surface area (Å²) in [5, 5.41) is 9.97. The molecule has 2 N–H and O–H groups in total. The second kappa shape index (κ2) is 8.15. The molecule has 0 unspecified atom stereocenters. The zero-order valence-electron chi connectivity index (χ0n) is 15.0. The van der Waals surface area contributed by atoms with E-state index in [1.54, 1.807) is 30.0 Å². The zero-order valence-corrected chi connectivity index (χ0v) is 15.8. The Hall–Kier alpha value is -3.31. The highest BCUT2D eigenvalue weighted by atomic mass is 32.2. The SMILES string of the molecule is O=C(O)c1cccc(CSc2nc(-c3ccccc3)c(-c3ccccc3)[nH]2)c1. The number of imidazole rings is 1. The number of benzene rings is 3. The van der Waals surface area contributed by atoms with Crippen molar-refractivity contribution >= 4 is 17.7 Å². The Balaban J connectivity index is 1.64. The first kappa shape index (κ1) is 18.1. The van der Waals surface area contributed by atoms with Gasteiger partial charge < -0.3 is 10.1 Å². The summed E-state index contributed by atoms with van der Waals surface area (Å²) in [6, 6.07) is 27.2. The predicted octanol–water partition coefficient (Wildman–Crippen LogP) is 5.73. The number of carboxylic acids is 1. The second-order valence-electron chi connectivity index (χ2n) is 6.29. The van der Waals surface area contributed by atoms with Crippen LogP contribution in [0.4, 0.5) is 0 Å². The Morgan fingerprint density at radius 1 is 0.893 bits per heavy atom. The molecule has 4 rings (SSSR count). The molecule has 4 nitrogen and oxygen atoms in total. The molecule has 0 aliphatic rings. The van der Waals surface area contributed by atoms with Crippen LogP contribution in [0.5, 0.6) is 0 Å². The number of aromatic amines is 1. The molecule has 138 valence electrons. The van der Waals surface area contributed by atoms with Gasteiger partial charge in [0.05, 0.1) is 17.0 Å². The third kappa shape index (κ3) is 4.00. The van der Waals surface area contributed by atoms with Gasteiger partial charge in [-0.25, -0.2) is 9.78 Å². The van der Waals surface area contributed by atoms with Crippen molar-refractivity contribution in [3.63, 3.8) is 0 Å². The molecule has 0 bridgehead atoms. The number of H-pyrrole nitrogens is 1. The molecule has 0 spiro atoms. The number of aromatic nitrogens is 2. The van der Waals surface area contributed by atoms with E-state index in [2.05, 4.69) is 17.1 Å². The highest BCUT2D eigenvalue weighted by Gasteiger charge is 2.14. The van der Waals surface area contributed by atoms with E-state index in [0.29, 0.717) is 11.3 Å². The van der Waals surface area contributed by atoms with Gasteiger partial charge in [-0.2, -0.15) is 0 Å². The van der Waals surface area contributed by atoms with Crippen molar-refractivity contribution in [1.82, 2.24) is 9.97 Å². The van der Waals surface area contributed by atoms with Crippen LogP contribution in [0.15, 0.2) is 90.1 Å². The highest BCUT2D eigenvalue weighted by molar-refractivity contribution is 7.98. The summed E-state index contributed by atoms with van der Waals surface area (Å²) in [7, 11) is 0. The van der Waals surface area contributed by atoms with Crippen molar-refractivity contribution in [3.8, 4) is 22.5 Å². The van der Waals surface area contributed by atoms with Crippen molar-refractivity contribution in [2.24, 2.45) is 0 Å². The van der Waals surface area contributed by atoms with Crippen LogP contribution in [0.2, 0.25) is 0 Å². The molecule has 4 aromatic rings. The van der Waals surface area contributed by atoms with Crippen LogP contribution in [0.3, 0.4) is 0 Å². The lowest BCUT2D eigenvalue weighted by molar-refractivity contribution is 0.0697. The van der Waals surface area contributed by atoms with E-state index in [-0.39, 0.29) is 0 Å².